The molecule has 3 nitrogen and oxygen atoms in total. The summed E-state index contributed by atoms with van der Waals surface area (Å²) in [5.41, 5.74) is 5.17. The number of nitrogens with two attached hydrogens (primary N) is 1. The highest BCUT2D eigenvalue weighted by Gasteiger charge is 2.15. The predicted molar refractivity (Wildman–Crippen MR) is 76.6 cm³/mol. The smallest absolute Gasteiger partial charge is 0.142 e. The molecule has 0 radical (unpaired) electrons. The van der Waals surface area contributed by atoms with Crippen LogP contribution in [-0.4, -0.2) is 11.9 Å². The van der Waals surface area contributed by atoms with E-state index >= 15 is 0 Å². The van der Waals surface area contributed by atoms with Crippen LogP contribution in [0.4, 0.5) is 0 Å². The van der Waals surface area contributed by atoms with Gasteiger partial charge in [-0.15, -0.1) is 0 Å². The summed E-state index contributed by atoms with van der Waals surface area (Å²) in [6.07, 6.45) is 4.96. The second-order valence-electron chi connectivity index (χ2n) is 5.34. The first-order chi connectivity index (χ1) is 8.70. The van der Waals surface area contributed by atoms with Crippen LogP contribution < -0.4 is 11.3 Å². The molecule has 0 atom stereocenters. The molecule has 0 aliphatic heterocycles. The molecule has 1 aromatic rings. The van der Waals surface area contributed by atoms with E-state index in [1.807, 2.05) is 0 Å². The summed E-state index contributed by atoms with van der Waals surface area (Å²) in [5, 5.41) is 0. The lowest BCUT2D eigenvalue weighted by atomic mass is 10.0. The van der Waals surface area contributed by atoms with Crippen LogP contribution in [0.1, 0.15) is 56.6 Å². The number of rotatable bonds is 3. The van der Waals surface area contributed by atoms with E-state index in [4.69, 9.17) is 10.8 Å². The number of hydrogen-bond donors (Lipinski definition) is 2. The van der Waals surface area contributed by atoms with Crippen LogP contribution in [0.15, 0.2) is 29.3 Å². The fourth-order valence-corrected chi connectivity index (χ4v) is 2.44. The number of nitrogens with one attached hydrogen (secondary N) is 1. The van der Waals surface area contributed by atoms with Crippen molar-refractivity contribution in [3.8, 4) is 0 Å². The summed E-state index contributed by atoms with van der Waals surface area (Å²) >= 11 is 0. The maximum Gasteiger partial charge on any atom is 0.142 e. The van der Waals surface area contributed by atoms with Crippen LogP contribution in [0.3, 0.4) is 0 Å². The normalized spacial score (nSPS) is 17.4. The van der Waals surface area contributed by atoms with E-state index in [1.54, 1.807) is 0 Å². The molecule has 0 unspecified atom stereocenters. The van der Waals surface area contributed by atoms with E-state index in [0.29, 0.717) is 12.0 Å². The summed E-state index contributed by atoms with van der Waals surface area (Å²) < 4.78 is 0. The van der Waals surface area contributed by atoms with E-state index in [1.165, 1.54) is 31.2 Å². The average molecular weight is 245 g/mol. The van der Waals surface area contributed by atoms with Gasteiger partial charge in [0.2, 0.25) is 0 Å². The molecule has 1 aliphatic carbocycles. The first-order valence-electron chi connectivity index (χ1n) is 6.85. The second kappa shape index (κ2) is 6.01. The van der Waals surface area contributed by atoms with Crippen molar-refractivity contribution in [2.24, 2.45) is 10.8 Å². The molecule has 2 rings (SSSR count). The molecule has 3 heteroatoms. The third-order valence-corrected chi connectivity index (χ3v) is 3.62. The molecular weight excluding hydrogens is 222 g/mol. The Morgan fingerprint density at radius 1 is 1.22 bits per heavy atom. The van der Waals surface area contributed by atoms with Gasteiger partial charge in [0.25, 0.3) is 0 Å². The van der Waals surface area contributed by atoms with Crippen LogP contribution in [0.5, 0.6) is 0 Å². The number of nitrogens with zero attached hydrogens (tertiary/aromatic N) is 1. The van der Waals surface area contributed by atoms with Crippen LogP contribution in [0, 0.1) is 0 Å². The quantitative estimate of drug-likeness (QED) is 0.372. The summed E-state index contributed by atoms with van der Waals surface area (Å²) in [5.74, 6) is 6.97. The molecule has 1 fully saturated rings. The molecule has 98 valence electrons. The Morgan fingerprint density at radius 3 is 2.33 bits per heavy atom. The van der Waals surface area contributed by atoms with Gasteiger partial charge < -0.3 is 5.43 Å². The zero-order valence-corrected chi connectivity index (χ0v) is 11.3. The van der Waals surface area contributed by atoms with Gasteiger partial charge in [0.05, 0.1) is 6.04 Å². The van der Waals surface area contributed by atoms with Crippen LogP contribution in [-0.2, 0) is 0 Å². The number of hydrazine groups is 1. The fourth-order valence-electron chi connectivity index (χ4n) is 2.44. The van der Waals surface area contributed by atoms with Gasteiger partial charge >= 0.3 is 0 Å². The van der Waals surface area contributed by atoms with Crippen molar-refractivity contribution in [1.82, 2.24) is 5.43 Å². The van der Waals surface area contributed by atoms with Crippen molar-refractivity contribution in [2.75, 3.05) is 0 Å². The van der Waals surface area contributed by atoms with Gasteiger partial charge in [0, 0.05) is 5.56 Å². The number of aliphatic imine (C=N–C) groups is 1. The van der Waals surface area contributed by atoms with Gasteiger partial charge in [-0.1, -0.05) is 51.0 Å². The molecule has 0 amide bonds. The van der Waals surface area contributed by atoms with E-state index in [9.17, 15) is 0 Å². The van der Waals surface area contributed by atoms with Gasteiger partial charge in [-0.05, 0) is 24.3 Å². The molecule has 0 spiro atoms. The summed E-state index contributed by atoms with van der Waals surface area (Å²) in [6, 6.07) is 8.95. The minimum Gasteiger partial charge on any atom is -0.308 e. The molecular formula is C15H23N3. The van der Waals surface area contributed by atoms with Gasteiger partial charge in [0.15, 0.2) is 0 Å². The van der Waals surface area contributed by atoms with Crippen molar-refractivity contribution in [3.05, 3.63) is 35.4 Å². The van der Waals surface area contributed by atoms with Gasteiger partial charge in [-0.3, -0.25) is 4.99 Å². The fraction of sp³-hybridized carbons (Fsp3) is 0.533. The van der Waals surface area contributed by atoms with Crippen LogP contribution in [0.25, 0.3) is 0 Å². The lowest BCUT2D eigenvalue weighted by Crippen LogP contribution is -2.32. The summed E-state index contributed by atoms with van der Waals surface area (Å²) in [6.45, 7) is 4.40. The van der Waals surface area contributed by atoms with Crippen molar-refractivity contribution < 1.29 is 0 Å². The Morgan fingerprint density at radius 2 is 1.83 bits per heavy atom. The van der Waals surface area contributed by atoms with E-state index < -0.39 is 0 Å². The zero-order chi connectivity index (χ0) is 13.0. The average Bonchev–Trinajstić information content (AvgIpc) is 2.89. The van der Waals surface area contributed by atoms with Crippen molar-refractivity contribution in [2.45, 2.75) is 51.5 Å². The lowest BCUT2D eigenvalue weighted by molar-refractivity contribution is 0.700. The summed E-state index contributed by atoms with van der Waals surface area (Å²) in [4.78, 5) is 4.72. The third kappa shape index (κ3) is 3.10. The van der Waals surface area contributed by atoms with Gasteiger partial charge in [0.1, 0.15) is 5.84 Å². The molecule has 3 N–H and O–H groups in total. The Hall–Kier alpha value is -1.35. The second-order valence-corrected chi connectivity index (χ2v) is 5.34. The minimum atomic E-state index is 0.445. The SMILES string of the molecule is CC(C)c1ccc(C(=NC2CCCC2)NN)cc1. The molecule has 18 heavy (non-hydrogen) atoms. The Labute approximate surface area is 109 Å². The minimum absolute atomic E-state index is 0.445. The Kier molecular flexibility index (Phi) is 4.37. The molecule has 0 bridgehead atoms. The molecule has 1 saturated carbocycles. The van der Waals surface area contributed by atoms with Crippen LogP contribution >= 0.6 is 0 Å². The first-order valence-corrected chi connectivity index (χ1v) is 6.85. The zero-order valence-electron chi connectivity index (χ0n) is 11.3. The maximum atomic E-state index is 5.60. The number of benzene rings is 1. The Bertz CT molecular complexity index is 400. The van der Waals surface area contributed by atoms with Crippen molar-refractivity contribution in [3.63, 3.8) is 0 Å². The van der Waals surface area contributed by atoms with E-state index in [2.05, 4.69) is 43.5 Å². The number of hydrogen-bond acceptors (Lipinski definition) is 2. The largest absolute Gasteiger partial charge is 0.308 e. The van der Waals surface area contributed by atoms with Gasteiger partial charge in [-0.25, -0.2) is 5.84 Å². The first kappa shape index (κ1) is 13.1. The van der Waals surface area contributed by atoms with Crippen molar-refractivity contribution in [1.29, 1.82) is 0 Å². The topological polar surface area (TPSA) is 50.4 Å². The summed E-state index contributed by atoms with van der Waals surface area (Å²) in [7, 11) is 0. The highest BCUT2D eigenvalue weighted by Crippen LogP contribution is 2.22. The molecule has 0 heterocycles. The van der Waals surface area contributed by atoms with Crippen LogP contribution in [0.2, 0.25) is 0 Å². The molecule has 0 aromatic heterocycles. The molecule has 1 aromatic carbocycles. The highest BCUT2D eigenvalue weighted by atomic mass is 15.3. The third-order valence-electron chi connectivity index (χ3n) is 3.62. The predicted octanol–water partition coefficient (Wildman–Crippen LogP) is 2.96. The monoisotopic (exact) mass is 245 g/mol. The lowest BCUT2D eigenvalue weighted by Gasteiger charge is -2.11. The standard InChI is InChI=1S/C15H23N3/c1-11(2)12-7-9-13(10-8-12)15(18-16)17-14-5-3-4-6-14/h7-11,14H,3-6,16H2,1-2H3,(H,17,18). The highest BCUT2D eigenvalue weighted by molar-refractivity contribution is 5.98. The Balaban J connectivity index is 2.16. The molecule has 0 saturated heterocycles. The number of amidine groups is 1. The maximum absolute atomic E-state index is 5.60. The van der Waals surface area contributed by atoms with Crippen molar-refractivity contribution >= 4 is 5.84 Å². The van der Waals surface area contributed by atoms with Gasteiger partial charge in [-0.2, -0.15) is 0 Å². The van der Waals surface area contributed by atoms with E-state index in [-0.39, 0.29) is 0 Å². The van der Waals surface area contributed by atoms with E-state index in [0.717, 1.165) is 11.4 Å². The molecule has 1 aliphatic rings.